The SMILES string of the molecule is CC(=O)CCC(=O)N1CCCc2ccccc2C1. The minimum Gasteiger partial charge on any atom is -0.338 e. The van der Waals surface area contributed by atoms with Gasteiger partial charge in [-0.2, -0.15) is 0 Å². The van der Waals surface area contributed by atoms with E-state index in [1.165, 1.54) is 18.1 Å². The zero-order valence-electron chi connectivity index (χ0n) is 10.8. The number of nitrogens with zero attached hydrogens (tertiary/aromatic N) is 1. The quantitative estimate of drug-likeness (QED) is 0.819. The zero-order chi connectivity index (χ0) is 13.0. The Balaban J connectivity index is 2.03. The van der Waals surface area contributed by atoms with Crippen LogP contribution in [-0.4, -0.2) is 23.1 Å². The number of amides is 1. The van der Waals surface area contributed by atoms with Crippen molar-refractivity contribution in [2.24, 2.45) is 0 Å². The number of hydrogen-bond donors (Lipinski definition) is 0. The van der Waals surface area contributed by atoms with Crippen LogP contribution in [0.15, 0.2) is 24.3 Å². The lowest BCUT2D eigenvalue weighted by Crippen LogP contribution is -2.30. The largest absolute Gasteiger partial charge is 0.338 e. The van der Waals surface area contributed by atoms with Gasteiger partial charge in [0.15, 0.2) is 0 Å². The van der Waals surface area contributed by atoms with E-state index in [0.29, 0.717) is 19.4 Å². The fraction of sp³-hybridized carbons (Fsp3) is 0.467. The van der Waals surface area contributed by atoms with Gasteiger partial charge in [0.05, 0.1) is 0 Å². The van der Waals surface area contributed by atoms with Crippen LogP contribution in [0.5, 0.6) is 0 Å². The van der Waals surface area contributed by atoms with E-state index in [9.17, 15) is 9.59 Å². The number of carbonyl (C=O) groups is 2. The number of Topliss-reactive ketones (excluding diaryl/α,β-unsaturated/α-hetero) is 1. The van der Waals surface area contributed by atoms with E-state index in [0.717, 1.165) is 19.4 Å². The molecule has 3 nitrogen and oxygen atoms in total. The highest BCUT2D eigenvalue weighted by molar-refractivity contribution is 5.83. The van der Waals surface area contributed by atoms with Gasteiger partial charge >= 0.3 is 0 Å². The molecule has 0 bridgehead atoms. The Morgan fingerprint density at radius 3 is 2.61 bits per heavy atom. The molecular weight excluding hydrogens is 226 g/mol. The summed E-state index contributed by atoms with van der Waals surface area (Å²) in [6.45, 7) is 3.02. The molecule has 0 saturated carbocycles. The summed E-state index contributed by atoms with van der Waals surface area (Å²) >= 11 is 0. The average Bonchev–Trinajstić information content (AvgIpc) is 2.57. The minimum absolute atomic E-state index is 0.0820. The molecule has 1 aromatic rings. The normalized spacial score (nSPS) is 14.8. The van der Waals surface area contributed by atoms with Crippen molar-refractivity contribution in [1.82, 2.24) is 4.90 Å². The molecule has 1 aromatic carbocycles. The molecule has 0 aromatic heterocycles. The maximum atomic E-state index is 12.0. The molecule has 0 N–H and O–H groups in total. The van der Waals surface area contributed by atoms with Gasteiger partial charge < -0.3 is 9.69 Å². The highest BCUT2D eigenvalue weighted by Crippen LogP contribution is 2.19. The molecule has 0 fully saturated rings. The highest BCUT2D eigenvalue weighted by Gasteiger charge is 2.18. The van der Waals surface area contributed by atoms with Gasteiger partial charge in [0.1, 0.15) is 5.78 Å². The number of carbonyl (C=O) groups excluding carboxylic acids is 2. The molecule has 1 aliphatic rings. The van der Waals surface area contributed by atoms with Crippen molar-refractivity contribution in [3.63, 3.8) is 0 Å². The molecule has 0 spiro atoms. The van der Waals surface area contributed by atoms with E-state index < -0.39 is 0 Å². The predicted molar refractivity (Wildman–Crippen MR) is 70.1 cm³/mol. The molecule has 1 amide bonds. The number of fused-ring (bicyclic) bond motifs is 1. The van der Waals surface area contributed by atoms with Crippen molar-refractivity contribution in [2.75, 3.05) is 6.54 Å². The maximum absolute atomic E-state index is 12.0. The summed E-state index contributed by atoms with van der Waals surface area (Å²) in [5, 5.41) is 0. The Hall–Kier alpha value is -1.64. The van der Waals surface area contributed by atoms with E-state index in [1.54, 1.807) is 0 Å². The average molecular weight is 245 g/mol. The third-order valence-corrected chi connectivity index (χ3v) is 3.40. The van der Waals surface area contributed by atoms with Gasteiger partial charge in [0.25, 0.3) is 0 Å². The Labute approximate surface area is 108 Å². The maximum Gasteiger partial charge on any atom is 0.223 e. The van der Waals surface area contributed by atoms with Crippen LogP contribution < -0.4 is 0 Å². The highest BCUT2D eigenvalue weighted by atomic mass is 16.2. The number of aryl methyl sites for hydroxylation is 1. The third-order valence-electron chi connectivity index (χ3n) is 3.40. The Morgan fingerprint density at radius 2 is 1.89 bits per heavy atom. The summed E-state index contributed by atoms with van der Waals surface area (Å²) in [5.74, 6) is 0.181. The van der Waals surface area contributed by atoms with Crippen molar-refractivity contribution in [1.29, 1.82) is 0 Å². The number of ketones is 1. The first kappa shape index (κ1) is 12.8. The van der Waals surface area contributed by atoms with Crippen LogP contribution >= 0.6 is 0 Å². The Morgan fingerprint density at radius 1 is 1.17 bits per heavy atom. The van der Waals surface area contributed by atoms with E-state index in [-0.39, 0.29) is 11.7 Å². The fourth-order valence-corrected chi connectivity index (χ4v) is 2.35. The predicted octanol–water partition coefficient (Wildman–Crippen LogP) is 2.33. The first-order valence-electron chi connectivity index (χ1n) is 6.51. The van der Waals surface area contributed by atoms with Crippen LogP contribution in [0.4, 0.5) is 0 Å². The van der Waals surface area contributed by atoms with Crippen LogP contribution in [0.3, 0.4) is 0 Å². The summed E-state index contributed by atoms with van der Waals surface area (Å²) < 4.78 is 0. The molecule has 1 aliphatic heterocycles. The van der Waals surface area contributed by atoms with E-state index in [1.807, 2.05) is 17.0 Å². The monoisotopic (exact) mass is 245 g/mol. The molecule has 1 heterocycles. The summed E-state index contributed by atoms with van der Waals surface area (Å²) in [6.07, 6.45) is 2.74. The molecule has 0 aliphatic carbocycles. The van der Waals surface area contributed by atoms with Crippen molar-refractivity contribution in [3.8, 4) is 0 Å². The van der Waals surface area contributed by atoms with Crippen LogP contribution in [0.25, 0.3) is 0 Å². The number of benzene rings is 1. The van der Waals surface area contributed by atoms with Gasteiger partial charge in [-0.15, -0.1) is 0 Å². The molecule has 18 heavy (non-hydrogen) atoms. The van der Waals surface area contributed by atoms with Gasteiger partial charge in [-0.25, -0.2) is 0 Å². The van der Waals surface area contributed by atoms with Crippen molar-refractivity contribution >= 4 is 11.7 Å². The number of rotatable bonds is 3. The number of hydrogen-bond acceptors (Lipinski definition) is 2. The van der Waals surface area contributed by atoms with E-state index in [4.69, 9.17) is 0 Å². The molecule has 2 rings (SSSR count). The van der Waals surface area contributed by atoms with Crippen LogP contribution in [0, 0.1) is 0 Å². The van der Waals surface area contributed by atoms with Crippen LogP contribution in [0.1, 0.15) is 37.3 Å². The molecule has 96 valence electrons. The van der Waals surface area contributed by atoms with Crippen molar-refractivity contribution < 1.29 is 9.59 Å². The van der Waals surface area contributed by atoms with Crippen LogP contribution in [-0.2, 0) is 22.6 Å². The fourth-order valence-electron chi connectivity index (χ4n) is 2.35. The van der Waals surface area contributed by atoms with Gasteiger partial charge in [-0.1, -0.05) is 24.3 Å². The van der Waals surface area contributed by atoms with E-state index >= 15 is 0 Å². The molecule has 0 unspecified atom stereocenters. The standard InChI is InChI=1S/C15H19NO2/c1-12(17)8-9-15(18)16-10-4-7-13-5-2-3-6-14(13)11-16/h2-3,5-6H,4,7-11H2,1H3. The topological polar surface area (TPSA) is 37.4 Å². The lowest BCUT2D eigenvalue weighted by atomic mass is 10.0. The summed E-state index contributed by atoms with van der Waals surface area (Å²) in [6, 6.07) is 8.29. The summed E-state index contributed by atoms with van der Waals surface area (Å²) in [7, 11) is 0. The molecule has 0 radical (unpaired) electrons. The van der Waals surface area contributed by atoms with Crippen molar-refractivity contribution in [2.45, 2.75) is 39.2 Å². The van der Waals surface area contributed by atoms with Gasteiger partial charge in [-0.3, -0.25) is 4.79 Å². The zero-order valence-corrected chi connectivity index (χ0v) is 10.8. The summed E-state index contributed by atoms with van der Waals surface area (Å²) in [5.41, 5.74) is 2.59. The Kier molecular flexibility index (Phi) is 4.13. The lowest BCUT2D eigenvalue weighted by molar-refractivity contribution is -0.133. The van der Waals surface area contributed by atoms with Crippen molar-refractivity contribution in [3.05, 3.63) is 35.4 Å². The van der Waals surface area contributed by atoms with E-state index in [2.05, 4.69) is 12.1 Å². The lowest BCUT2D eigenvalue weighted by Gasteiger charge is -2.20. The molecule has 3 heteroatoms. The second-order valence-corrected chi connectivity index (χ2v) is 4.89. The molecule has 0 atom stereocenters. The Bertz CT molecular complexity index is 454. The smallest absolute Gasteiger partial charge is 0.223 e. The second-order valence-electron chi connectivity index (χ2n) is 4.89. The third kappa shape index (κ3) is 3.19. The molecular formula is C15H19NO2. The van der Waals surface area contributed by atoms with Crippen LogP contribution in [0.2, 0.25) is 0 Å². The first-order chi connectivity index (χ1) is 8.66. The molecule has 0 saturated heterocycles. The minimum atomic E-state index is 0.0820. The van der Waals surface area contributed by atoms with Gasteiger partial charge in [0, 0.05) is 25.9 Å². The van der Waals surface area contributed by atoms with Gasteiger partial charge in [-0.05, 0) is 30.9 Å². The first-order valence-corrected chi connectivity index (χ1v) is 6.51. The van der Waals surface area contributed by atoms with Gasteiger partial charge in [0.2, 0.25) is 5.91 Å². The second kappa shape index (κ2) is 5.80. The summed E-state index contributed by atoms with van der Waals surface area (Å²) in [4.78, 5) is 24.8.